The Kier molecular flexibility index (Phi) is 4.22. The van der Waals surface area contributed by atoms with Crippen molar-refractivity contribution >= 4 is 0 Å². The van der Waals surface area contributed by atoms with E-state index in [1.807, 2.05) is 13.8 Å². The number of fused-ring (bicyclic) bond motifs is 2. The van der Waals surface area contributed by atoms with Gasteiger partial charge in [0.05, 0.1) is 18.8 Å². The number of rotatable bonds is 6. The van der Waals surface area contributed by atoms with Gasteiger partial charge in [-0.15, -0.1) is 0 Å². The summed E-state index contributed by atoms with van der Waals surface area (Å²) in [6.45, 7) is 5.12. The van der Waals surface area contributed by atoms with Gasteiger partial charge in [-0.2, -0.15) is 0 Å². The molecule has 16 heavy (non-hydrogen) atoms. The van der Waals surface area contributed by atoms with Gasteiger partial charge in [0.15, 0.2) is 0 Å². The van der Waals surface area contributed by atoms with Crippen LogP contribution in [0.1, 0.15) is 39.5 Å². The molecule has 2 aliphatic rings. The predicted octanol–water partition coefficient (Wildman–Crippen LogP) is 1.55. The van der Waals surface area contributed by atoms with Crippen LogP contribution in [0.4, 0.5) is 0 Å². The van der Waals surface area contributed by atoms with Gasteiger partial charge in [-0.25, -0.2) is 0 Å². The molecule has 2 N–H and O–H groups in total. The molecule has 0 heterocycles. The van der Waals surface area contributed by atoms with Crippen molar-refractivity contribution in [3.05, 3.63) is 0 Å². The first kappa shape index (κ1) is 12.3. The quantitative estimate of drug-likeness (QED) is 0.723. The Morgan fingerprint density at radius 2 is 2.12 bits per heavy atom. The maximum absolute atomic E-state index is 9.74. The van der Waals surface area contributed by atoms with Gasteiger partial charge in [-0.05, 0) is 44.9 Å². The Morgan fingerprint density at radius 3 is 2.69 bits per heavy atom. The maximum atomic E-state index is 9.74. The Morgan fingerprint density at radius 1 is 1.31 bits per heavy atom. The molecule has 0 saturated heterocycles. The van der Waals surface area contributed by atoms with E-state index in [4.69, 9.17) is 4.74 Å². The summed E-state index contributed by atoms with van der Waals surface area (Å²) in [5.41, 5.74) is 0. The second-order valence-electron chi connectivity index (χ2n) is 5.73. The molecule has 0 aromatic rings. The van der Waals surface area contributed by atoms with Gasteiger partial charge in [-0.1, -0.05) is 6.42 Å². The fourth-order valence-corrected chi connectivity index (χ4v) is 3.14. The van der Waals surface area contributed by atoms with Crippen LogP contribution in [0.3, 0.4) is 0 Å². The van der Waals surface area contributed by atoms with E-state index in [0.29, 0.717) is 19.2 Å². The summed E-state index contributed by atoms with van der Waals surface area (Å²) >= 11 is 0. The summed E-state index contributed by atoms with van der Waals surface area (Å²) in [7, 11) is 0. The van der Waals surface area contributed by atoms with Crippen LogP contribution in [-0.2, 0) is 4.74 Å². The van der Waals surface area contributed by atoms with Crippen LogP contribution in [0.15, 0.2) is 0 Å². The van der Waals surface area contributed by atoms with Crippen LogP contribution < -0.4 is 5.32 Å². The molecule has 0 amide bonds. The molecule has 2 saturated carbocycles. The number of hydrogen-bond acceptors (Lipinski definition) is 3. The highest BCUT2D eigenvalue weighted by molar-refractivity contribution is 4.94. The first-order valence-electron chi connectivity index (χ1n) is 6.68. The Hall–Kier alpha value is -0.120. The number of aliphatic hydroxyl groups excluding tert-OH is 1. The minimum absolute atomic E-state index is 0.206. The lowest BCUT2D eigenvalue weighted by Crippen LogP contribution is -2.40. The molecule has 0 radical (unpaired) electrons. The van der Waals surface area contributed by atoms with Gasteiger partial charge in [0.1, 0.15) is 0 Å². The van der Waals surface area contributed by atoms with Gasteiger partial charge in [0.2, 0.25) is 0 Å². The highest BCUT2D eigenvalue weighted by Crippen LogP contribution is 2.44. The Bertz CT molecular complexity index is 220. The van der Waals surface area contributed by atoms with E-state index in [0.717, 1.165) is 11.8 Å². The first-order chi connectivity index (χ1) is 7.65. The van der Waals surface area contributed by atoms with Gasteiger partial charge in [0.25, 0.3) is 0 Å². The van der Waals surface area contributed by atoms with E-state index in [9.17, 15) is 5.11 Å². The third-order valence-corrected chi connectivity index (χ3v) is 3.98. The van der Waals surface area contributed by atoms with E-state index >= 15 is 0 Å². The Balaban J connectivity index is 1.60. The molecule has 3 nitrogen and oxygen atoms in total. The fourth-order valence-electron chi connectivity index (χ4n) is 3.14. The monoisotopic (exact) mass is 227 g/mol. The van der Waals surface area contributed by atoms with Gasteiger partial charge in [0, 0.05) is 12.6 Å². The molecular formula is C13H25NO2. The van der Waals surface area contributed by atoms with Crippen molar-refractivity contribution in [3.8, 4) is 0 Å². The van der Waals surface area contributed by atoms with Crippen molar-refractivity contribution in [2.75, 3.05) is 13.2 Å². The molecule has 2 fully saturated rings. The third-order valence-electron chi connectivity index (χ3n) is 3.98. The smallest absolute Gasteiger partial charge is 0.0897 e. The average molecular weight is 227 g/mol. The molecule has 2 bridgehead atoms. The fraction of sp³-hybridized carbons (Fsp3) is 1.00. The second-order valence-corrected chi connectivity index (χ2v) is 5.73. The van der Waals surface area contributed by atoms with Crippen molar-refractivity contribution < 1.29 is 9.84 Å². The summed E-state index contributed by atoms with van der Waals surface area (Å²) in [5, 5.41) is 13.2. The molecule has 2 rings (SSSR count). The Labute approximate surface area is 98.6 Å². The molecule has 4 unspecified atom stereocenters. The minimum Gasteiger partial charge on any atom is -0.389 e. The van der Waals surface area contributed by atoms with Crippen LogP contribution in [0, 0.1) is 11.8 Å². The first-order valence-corrected chi connectivity index (χ1v) is 6.68. The van der Waals surface area contributed by atoms with Gasteiger partial charge >= 0.3 is 0 Å². The van der Waals surface area contributed by atoms with E-state index in [-0.39, 0.29) is 12.2 Å². The molecule has 3 heteroatoms. The van der Waals surface area contributed by atoms with Crippen LogP contribution >= 0.6 is 0 Å². The van der Waals surface area contributed by atoms with Crippen molar-refractivity contribution in [3.63, 3.8) is 0 Å². The van der Waals surface area contributed by atoms with Crippen molar-refractivity contribution in [2.45, 2.75) is 57.8 Å². The zero-order valence-corrected chi connectivity index (χ0v) is 10.5. The summed E-state index contributed by atoms with van der Waals surface area (Å²) in [5.74, 6) is 1.84. The minimum atomic E-state index is -0.360. The molecule has 0 aromatic heterocycles. The second kappa shape index (κ2) is 5.48. The van der Waals surface area contributed by atoms with Crippen molar-refractivity contribution in [2.24, 2.45) is 11.8 Å². The van der Waals surface area contributed by atoms with Crippen LogP contribution in [0.2, 0.25) is 0 Å². The number of hydrogen-bond donors (Lipinski definition) is 2. The lowest BCUT2D eigenvalue weighted by atomic mass is 9.95. The van der Waals surface area contributed by atoms with Crippen molar-refractivity contribution in [1.29, 1.82) is 0 Å². The predicted molar refractivity (Wildman–Crippen MR) is 64.3 cm³/mol. The number of nitrogens with one attached hydrogen (secondary N) is 1. The van der Waals surface area contributed by atoms with E-state index in [1.165, 1.54) is 25.7 Å². The number of ether oxygens (including phenoxy) is 1. The molecule has 4 atom stereocenters. The summed E-state index contributed by atoms with van der Waals surface area (Å²) < 4.78 is 5.39. The SMILES string of the molecule is CC(C)OCC(O)CNC1CC2CCC1C2. The topological polar surface area (TPSA) is 41.5 Å². The zero-order valence-electron chi connectivity index (χ0n) is 10.5. The highest BCUT2D eigenvalue weighted by atomic mass is 16.5. The molecule has 94 valence electrons. The normalized spacial score (nSPS) is 34.9. The van der Waals surface area contributed by atoms with Crippen LogP contribution in [-0.4, -0.2) is 36.5 Å². The van der Waals surface area contributed by atoms with Gasteiger partial charge < -0.3 is 15.2 Å². The summed E-state index contributed by atoms with van der Waals surface area (Å²) in [6, 6.07) is 0.660. The standard InChI is InChI=1S/C13H25NO2/c1-9(2)16-8-12(15)7-14-13-6-10-3-4-11(13)5-10/h9-15H,3-8H2,1-2H3. The summed E-state index contributed by atoms with van der Waals surface area (Å²) in [4.78, 5) is 0. The lowest BCUT2D eigenvalue weighted by Gasteiger charge is -2.24. The molecule has 0 aromatic carbocycles. The number of aliphatic hydroxyl groups is 1. The van der Waals surface area contributed by atoms with Crippen molar-refractivity contribution in [1.82, 2.24) is 5.32 Å². The zero-order chi connectivity index (χ0) is 11.5. The lowest BCUT2D eigenvalue weighted by molar-refractivity contribution is 0.00481. The molecule has 0 aliphatic heterocycles. The molecular weight excluding hydrogens is 202 g/mol. The van der Waals surface area contributed by atoms with Gasteiger partial charge in [-0.3, -0.25) is 0 Å². The van der Waals surface area contributed by atoms with E-state index in [2.05, 4.69) is 5.32 Å². The van der Waals surface area contributed by atoms with E-state index in [1.54, 1.807) is 0 Å². The highest BCUT2D eigenvalue weighted by Gasteiger charge is 2.39. The average Bonchev–Trinajstić information content (AvgIpc) is 2.84. The van der Waals surface area contributed by atoms with E-state index < -0.39 is 0 Å². The van der Waals surface area contributed by atoms with Crippen LogP contribution in [0.25, 0.3) is 0 Å². The largest absolute Gasteiger partial charge is 0.389 e. The molecule has 0 spiro atoms. The summed E-state index contributed by atoms with van der Waals surface area (Å²) in [6.07, 6.45) is 5.40. The van der Waals surface area contributed by atoms with Crippen LogP contribution in [0.5, 0.6) is 0 Å². The molecule has 2 aliphatic carbocycles. The third kappa shape index (κ3) is 3.19. The maximum Gasteiger partial charge on any atom is 0.0897 e.